The Morgan fingerprint density at radius 2 is 2.00 bits per heavy atom. The number of rotatable bonds is 2. The van der Waals surface area contributed by atoms with Gasteiger partial charge < -0.3 is 15.1 Å². The Bertz CT molecular complexity index is 847. The van der Waals surface area contributed by atoms with Gasteiger partial charge in [0.25, 0.3) is 5.91 Å². The summed E-state index contributed by atoms with van der Waals surface area (Å²) in [6, 6.07) is 7.74. The summed E-state index contributed by atoms with van der Waals surface area (Å²) >= 11 is 0. The molecule has 8 nitrogen and oxygen atoms in total. The molecule has 8 heteroatoms. The van der Waals surface area contributed by atoms with Crippen molar-refractivity contribution in [3.05, 3.63) is 41.9 Å². The van der Waals surface area contributed by atoms with Crippen LogP contribution in [0.25, 0.3) is 0 Å². The molecule has 0 unspecified atom stereocenters. The van der Waals surface area contributed by atoms with Crippen molar-refractivity contribution < 1.29 is 9.59 Å². The maximum atomic E-state index is 13.2. The highest BCUT2D eigenvalue weighted by molar-refractivity contribution is 5.95. The van der Waals surface area contributed by atoms with Gasteiger partial charge in [-0.3, -0.25) is 14.3 Å². The van der Waals surface area contributed by atoms with E-state index >= 15 is 0 Å². The molecular formula is C21H30N6O2. The zero-order valence-electron chi connectivity index (χ0n) is 17.5. The van der Waals surface area contributed by atoms with Crippen LogP contribution in [0.4, 0.5) is 5.82 Å². The monoisotopic (exact) mass is 398 g/mol. The van der Waals surface area contributed by atoms with Gasteiger partial charge in [0.1, 0.15) is 18.1 Å². The van der Waals surface area contributed by atoms with E-state index in [1.54, 1.807) is 33.8 Å². The topological polar surface area (TPSA) is 83.4 Å². The molecule has 1 N–H and O–H groups in total. The summed E-state index contributed by atoms with van der Waals surface area (Å²) < 4.78 is 1.71. The summed E-state index contributed by atoms with van der Waals surface area (Å²) in [5, 5.41) is 7.58. The third-order valence-electron chi connectivity index (χ3n) is 5.06. The zero-order chi connectivity index (χ0) is 20.8. The lowest BCUT2D eigenvalue weighted by Crippen LogP contribution is -2.43. The number of fused-ring (bicyclic) bond motifs is 2. The molecule has 0 saturated carbocycles. The van der Waals surface area contributed by atoms with Gasteiger partial charge in [0.05, 0.1) is 0 Å². The number of pyridine rings is 1. The van der Waals surface area contributed by atoms with Crippen LogP contribution in [0.1, 0.15) is 48.9 Å². The number of nitrogens with one attached hydrogen (secondary N) is 1. The first kappa shape index (κ1) is 20.8. The van der Waals surface area contributed by atoms with E-state index in [2.05, 4.69) is 15.4 Å². The van der Waals surface area contributed by atoms with Gasteiger partial charge in [0.2, 0.25) is 5.91 Å². The second-order valence-electron chi connectivity index (χ2n) is 7.69. The minimum absolute atomic E-state index is 0.0531. The predicted octanol–water partition coefficient (Wildman–Crippen LogP) is 2.21. The Hall–Kier alpha value is -2.90. The molecule has 0 spiro atoms. The second-order valence-corrected chi connectivity index (χ2v) is 7.69. The van der Waals surface area contributed by atoms with Crippen LogP contribution in [0.2, 0.25) is 0 Å². The Balaban J connectivity index is 1.81. The number of hydrogen-bond acceptors (Lipinski definition) is 5. The molecule has 2 bridgehead atoms. The molecule has 0 saturated heterocycles. The smallest absolute Gasteiger partial charge is 0.272 e. The zero-order valence-corrected chi connectivity index (χ0v) is 17.5. The van der Waals surface area contributed by atoms with Gasteiger partial charge >= 0.3 is 0 Å². The first-order valence-electron chi connectivity index (χ1n) is 10.2. The normalized spacial score (nSPS) is 16.5. The average Bonchev–Trinajstić information content (AvgIpc) is 3.19. The van der Waals surface area contributed by atoms with Crippen molar-refractivity contribution >= 4 is 17.6 Å². The lowest BCUT2D eigenvalue weighted by molar-refractivity contribution is -0.130. The van der Waals surface area contributed by atoms with Crippen LogP contribution >= 0.6 is 0 Å². The maximum absolute atomic E-state index is 13.2. The summed E-state index contributed by atoms with van der Waals surface area (Å²) in [5.41, 5.74) is 1.50. The minimum atomic E-state index is -0.159. The van der Waals surface area contributed by atoms with Crippen LogP contribution in [0, 0.1) is 0 Å². The van der Waals surface area contributed by atoms with Gasteiger partial charge in [-0.25, -0.2) is 4.98 Å². The highest BCUT2D eigenvalue weighted by Crippen LogP contribution is 2.13. The fraction of sp³-hybridized carbons (Fsp3) is 0.524. The lowest BCUT2D eigenvalue weighted by Gasteiger charge is -2.26. The van der Waals surface area contributed by atoms with E-state index in [4.69, 9.17) is 0 Å². The highest BCUT2D eigenvalue weighted by atomic mass is 16.2. The number of carbonyl (C=O) groups excluding carboxylic acids is 2. The molecule has 2 aromatic rings. The van der Waals surface area contributed by atoms with Crippen molar-refractivity contribution in [3.63, 3.8) is 0 Å². The van der Waals surface area contributed by atoms with E-state index in [-0.39, 0.29) is 24.4 Å². The average molecular weight is 399 g/mol. The Labute approximate surface area is 171 Å². The summed E-state index contributed by atoms with van der Waals surface area (Å²) in [7, 11) is 1.79. The van der Waals surface area contributed by atoms with Crippen LogP contribution in [-0.4, -0.2) is 69.6 Å². The van der Waals surface area contributed by atoms with Crippen LogP contribution < -0.4 is 5.32 Å². The minimum Gasteiger partial charge on any atom is -0.370 e. The second kappa shape index (κ2) is 9.54. The van der Waals surface area contributed by atoms with E-state index in [1.165, 1.54) is 0 Å². The molecule has 0 aliphatic carbocycles. The van der Waals surface area contributed by atoms with Gasteiger partial charge in [-0.1, -0.05) is 6.07 Å². The van der Waals surface area contributed by atoms with Gasteiger partial charge in [0.15, 0.2) is 0 Å². The van der Waals surface area contributed by atoms with Gasteiger partial charge in [-0.2, -0.15) is 5.10 Å². The summed E-state index contributed by atoms with van der Waals surface area (Å²) in [5.74, 6) is 0.637. The first-order chi connectivity index (χ1) is 14.0. The number of amides is 2. The molecule has 2 aromatic heterocycles. The van der Waals surface area contributed by atoms with Crippen molar-refractivity contribution in [2.24, 2.45) is 0 Å². The molecule has 29 heavy (non-hydrogen) atoms. The van der Waals surface area contributed by atoms with Gasteiger partial charge in [0, 0.05) is 44.6 Å². The molecule has 0 fully saturated rings. The predicted molar refractivity (Wildman–Crippen MR) is 112 cm³/mol. The third kappa shape index (κ3) is 5.34. The molecular weight excluding hydrogens is 368 g/mol. The summed E-state index contributed by atoms with van der Waals surface area (Å²) in [4.78, 5) is 33.9. The number of aryl methyl sites for hydroxylation is 1. The fourth-order valence-corrected chi connectivity index (χ4v) is 3.42. The number of anilines is 1. The summed E-state index contributed by atoms with van der Waals surface area (Å²) in [6.07, 6.45) is 3.91. The van der Waals surface area contributed by atoms with E-state index in [9.17, 15) is 9.59 Å². The summed E-state index contributed by atoms with van der Waals surface area (Å²) in [6.45, 7) is 5.89. The first-order valence-corrected chi connectivity index (χ1v) is 10.2. The van der Waals surface area contributed by atoms with Crippen molar-refractivity contribution in [1.82, 2.24) is 24.6 Å². The number of nitrogens with zero attached hydrogens (tertiary/aromatic N) is 5. The van der Waals surface area contributed by atoms with Crippen molar-refractivity contribution in [2.75, 3.05) is 38.5 Å². The van der Waals surface area contributed by atoms with Crippen molar-refractivity contribution in [3.8, 4) is 0 Å². The van der Waals surface area contributed by atoms with E-state index in [0.29, 0.717) is 18.8 Å². The van der Waals surface area contributed by atoms with E-state index in [0.717, 1.165) is 37.3 Å². The number of hydrogen-bond donors (Lipinski definition) is 1. The Morgan fingerprint density at radius 3 is 2.79 bits per heavy atom. The third-order valence-corrected chi connectivity index (χ3v) is 5.06. The van der Waals surface area contributed by atoms with Crippen LogP contribution in [0.5, 0.6) is 0 Å². The lowest BCUT2D eigenvalue weighted by atomic mass is 10.2. The molecule has 0 aromatic carbocycles. The molecule has 0 radical (unpaired) electrons. The Kier molecular flexibility index (Phi) is 6.85. The van der Waals surface area contributed by atoms with E-state index < -0.39 is 0 Å². The van der Waals surface area contributed by atoms with Crippen molar-refractivity contribution in [1.29, 1.82) is 0 Å². The molecule has 1 aliphatic rings. The largest absolute Gasteiger partial charge is 0.370 e. The highest BCUT2D eigenvalue weighted by Gasteiger charge is 2.24. The maximum Gasteiger partial charge on any atom is 0.272 e. The van der Waals surface area contributed by atoms with Crippen LogP contribution in [-0.2, 0) is 11.2 Å². The molecule has 1 aliphatic heterocycles. The van der Waals surface area contributed by atoms with E-state index in [1.807, 2.05) is 32.0 Å². The number of carbonyl (C=O) groups is 2. The number of likely N-dealkylation sites (N-methyl/N-ethyl adjacent to an activating group) is 1. The standard InChI is InChI=1S/C21H30N6O2/c1-16(2)27-18(10-12-23-27)21(29)26-14-5-8-17-7-4-9-19(24-17)22-11-6-13-25(3)20(28)15-26/h4,7,9-10,12,16H,5-6,8,11,13-15H2,1-3H3,(H,22,24). The van der Waals surface area contributed by atoms with Gasteiger partial charge in [-0.15, -0.1) is 0 Å². The molecule has 156 valence electrons. The van der Waals surface area contributed by atoms with Gasteiger partial charge in [-0.05, 0) is 51.3 Å². The fourth-order valence-electron chi connectivity index (χ4n) is 3.42. The molecule has 3 rings (SSSR count). The Morgan fingerprint density at radius 1 is 1.17 bits per heavy atom. The van der Waals surface area contributed by atoms with Crippen LogP contribution in [0.15, 0.2) is 30.5 Å². The molecule has 3 heterocycles. The molecule has 2 amide bonds. The van der Waals surface area contributed by atoms with Crippen molar-refractivity contribution in [2.45, 2.75) is 39.2 Å². The van der Waals surface area contributed by atoms with Crippen LogP contribution in [0.3, 0.4) is 0 Å². The quantitative estimate of drug-likeness (QED) is 0.839. The molecule has 0 atom stereocenters. The number of aromatic nitrogens is 3. The SMILES string of the molecule is CC(C)n1nccc1C(=O)N1CCCc2cccc(n2)NCCCN(C)C(=O)C1.